The Kier molecular flexibility index (Phi) is 9.49. The molecule has 1 fully saturated rings. The molecule has 0 aliphatic heterocycles. The fraction of sp³-hybridized carbons (Fsp3) is 0.679. The molecule has 3 rings (SSSR count). The van der Waals surface area contributed by atoms with E-state index in [1.807, 2.05) is 0 Å². The van der Waals surface area contributed by atoms with E-state index in [9.17, 15) is 4.79 Å². The minimum absolute atomic E-state index is 0.0680. The summed E-state index contributed by atoms with van der Waals surface area (Å²) in [7, 11) is 0. The van der Waals surface area contributed by atoms with Crippen molar-refractivity contribution in [3.63, 3.8) is 0 Å². The van der Waals surface area contributed by atoms with Gasteiger partial charge in [0, 0.05) is 0 Å². The molecule has 2 aliphatic carbocycles. The second-order valence-corrected chi connectivity index (χ2v) is 9.58. The Hall–Kier alpha value is -1.57. The van der Waals surface area contributed by atoms with Crippen molar-refractivity contribution in [1.82, 2.24) is 0 Å². The summed E-state index contributed by atoms with van der Waals surface area (Å²) in [5, 5.41) is 0. The molecule has 30 heavy (non-hydrogen) atoms. The number of esters is 1. The molecule has 2 heteroatoms. The van der Waals surface area contributed by atoms with Gasteiger partial charge in [0.1, 0.15) is 0 Å². The van der Waals surface area contributed by atoms with Gasteiger partial charge in [-0.2, -0.15) is 0 Å². The molecule has 166 valence electrons. The smallest absolute Gasteiger partial charge is 0.308 e. The van der Waals surface area contributed by atoms with Crippen LogP contribution in [0.3, 0.4) is 0 Å². The molecule has 0 saturated heterocycles. The molecule has 0 radical (unpaired) electrons. The predicted octanol–water partition coefficient (Wildman–Crippen LogP) is 7.75. The predicted molar refractivity (Wildman–Crippen MR) is 126 cm³/mol. The molecule has 0 heterocycles. The second-order valence-electron chi connectivity index (χ2n) is 9.58. The first-order chi connectivity index (χ1) is 14.7. The minimum atomic E-state index is 0.0680. The highest BCUT2D eigenvalue weighted by Gasteiger charge is 2.36. The van der Waals surface area contributed by atoms with Gasteiger partial charge in [-0.3, -0.25) is 4.79 Å². The number of aryl methyl sites for hydroxylation is 1. The molecular weight excluding hydrogens is 368 g/mol. The summed E-state index contributed by atoms with van der Waals surface area (Å²) in [4.78, 5) is 12.5. The fourth-order valence-electron chi connectivity index (χ4n) is 5.28. The van der Waals surface area contributed by atoms with Crippen molar-refractivity contribution in [2.24, 2.45) is 17.8 Å². The minimum Gasteiger partial charge on any atom is -0.465 e. The first-order valence-corrected chi connectivity index (χ1v) is 12.7. The van der Waals surface area contributed by atoms with Crippen molar-refractivity contribution in [2.45, 2.75) is 97.3 Å². The van der Waals surface area contributed by atoms with Crippen LogP contribution in [0.25, 0.3) is 5.57 Å². The maximum atomic E-state index is 12.5. The second kappa shape index (κ2) is 12.3. The van der Waals surface area contributed by atoms with Crippen LogP contribution in [0.15, 0.2) is 30.3 Å². The molecule has 0 spiro atoms. The standard InChI is InChI=1S/C28H42O2/c1-3-5-7-9-19-30-28(29)27-18-17-25-20-24(15-16-26(25)21-27)23-13-11-22(12-14-23)10-8-6-4-2/h11-15,25-27H,3-10,16-21H2,1-2H3. The third-order valence-corrected chi connectivity index (χ3v) is 7.26. The van der Waals surface area contributed by atoms with Gasteiger partial charge in [0.15, 0.2) is 0 Å². The lowest BCUT2D eigenvalue weighted by Gasteiger charge is -2.38. The van der Waals surface area contributed by atoms with E-state index in [1.54, 1.807) is 0 Å². The Bertz CT molecular complexity index is 672. The van der Waals surface area contributed by atoms with Crippen LogP contribution in [0, 0.1) is 17.8 Å². The summed E-state index contributed by atoms with van der Waals surface area (Å²) < 4.78 is 5.59. The summed E-state index contributed by atoms with van der Waals surface area (Å²) in [5.41, 5.74) is 4.39. The molecule has 2 nitrogen and oxygen atoms in total. The summed E-state index contributed by atoms with van der Waals surface area (Å²) in [6.45, 7) is 5.08. The van der Waals surface area contributed by atoms with Crippen molar-refractivity contribution in [2.75, 3.05) is 6.61 Å². The Morgan fingerprint density at radius 2 is 1.70 bits per heavy atom. The molecule has 1 saturated carbocycles. The topological polar surface area (TPSA) is 26.3 Å². The largest absolute Gasteiger partial charge is 0.465 e. The van der Waals surface area contributed by atoms with Crippen LogP contribution in [0.2, 0.25) is 0 Å². The highest BCUT2D eigenvalue weighted by atomic mass is 16.5. The van der Waals surface area contributed by atoms with Gasteiger partial charge in [-0.15, -0.1) is 0 Å². The molecule has 0 bridgehead atoms. The molecule has 0 aromatic heterocycles. The van der Waals surface area contributed by atoms with Gasteiger partial charge >= 0.3 is 5.97 Å². The van der Waals surface area contributed by atoms with Gasteiger partial charge in [-0.05, 0) is 79.9 Å². The van der Waals surface area contributed by atoms with Crippen molar-refractivity contribution >= 4 is 11.5 Å². The fourth-order valence-corrected chi connectivity index (χ4v) is 5.28. The normalized spacial score (nSPS) is 23.5. The number of hydrogen-bond donors (Lipinski definition) is 0. The van der Waals surface area contributed by atoms with Crippen molar-refractivity contribution in [1.29, 1.82) is 0 Å². The first kappa shape index (κ1) is 23.1. The monoisotopic (exact) mass is 410 g/mol. The van der Waals surface area contributed by atoms with E-state index in [-0.39, 0.29) is 11.9 Å². The number of allylic oxidation sites excluding steroid dienone is 2. The summed E-state index contributed by atoms with van der Waals surface area (Å²) in [5.74, 6) is 1.60. The van der Waals surface area contributed by atoms with Crippen LogP contribution in [-0.4, -0.2) is 12.6 Å². The Balaban J connectivity index is 1.47. The van der Waals surface area contributed by atoms with Crippen LogP contribution in [-0.2, 0) is 16.0 Å². The van der Waals surface area contributed by atoms with Gasteiger partial charge in [0.05, 0.1) is 12.5 Å². The number of fused-ring (bicyclic) bond motifs is 1. The number of carbonyl (C=O) groups excluding carboxylic acids is 1. The van der Waals surface area contributed by atoms with Crippen molar-refractivity contribution in [3.8, 4) is 0 Å². The third kappa shape index (κ3) is 6.72. The van der Waals surface area contributed by atoms with Crippen LogP contribution in [0.5, 0.6) is 0 Å². The van der Waals surface area contributed by atoms with Crippen molar-refractivity contribution < 1.29 is 9.53 Å². The Morgan fingerprint density at radius 3 is 2.47 bits per heavy atom. The number of rotatable bonds is 11. The summed E-state index contributed by atoms with van der Waals surface area (Å²) in [6.07, 6.45) is 17.7. The number of ether oxygens (including phenoxy) is 1. The van der Waals surface area contributed by atoms with Crippen LogP contribution in [0.4, 0.5) is 0 Å². The zero-order valence-corrected chi connectivity index (χ0v) is 19.3. The maximum Gasteiger partial charge on any atom is 0.308 e. The number of unbranched alkanes of at least 4 members (excludes halogenated alkanes) is 5. The van der Waals surface area contributed by atoms with Crippen LogP contribution in [0.1, 0.15) is 102 Å². The van der Waals surface area contributed by atoms with E-state index in [0.29, 0.717) is 12.5 Å². The molecule has 3 atom stereocenters. The van der Waals surface area contributed by atoms with Gasteiger partial charge in [0.25, 0.3) is 0 Å². The van der Waals surface area contributed by atoms with Gasteiger partial charge in [-0.1, -0.05) is 76.3 Å². The average molecular weight is 411 g/mol. The highest BCUT2D eigenvalue weighted by Crippen LogP contribution is 2.45. The van der Waals surface area contributed by atoms with Crippen molar-refractivity contribution in [3.05, 3.63) is 41.5 Å². The zero-order valence-electron chi connectivity index (χ0n) is 19.3. The Labute approximate surface area is 184 Å². The number of hydrogen-bond acceptors (Lipinski definition) is 2. The lowest BCUT2D eigenvalue weighted by Crippen LogP contribution is -2.31. The quantitative estimate of drug-likeness (QED) is 0.275. The van der Waals surface area contributed by atoms with Gasteiger partial charge < -0.3 is 4.74 Å². The Morgan fingerprint density at radius 1 is 0.933 bits per heavy atom. The molecule has 3 unspecified atom stereocenters. The van der Waals surface area contributed by atoms with E-state index >= 15 is 0 Å². The first-order valence-electron chi connectivity index (χ1n) is 12.7. The van der Waals surface area contributed by atoms with E-state index in [1.165, 1.54) is 74.5 Å². The summed E-state index contributed by atoms with van der Waals surface area (Å²) >= 11 is 0. The molecule has 1 aromatic rings. The number of carbonyl (C=O) groups is 1. The SMILES string of the molecule is CCCCCCOC(=O)C1CCC2CC(c3ccc(CCCCC)cc3)=CCC2C1. The molecule has 1 aromatic carbocycles. The third-order valence-electron chi connectivity index (χ3n) is 7.26. The van der Waals surface area contributed by atoms with Gasteiger partial charge in [-0.25, -0.2) is 0 Å². The zero-order chi connectivity index (χ0) is 21.2. The summed E-state index contributed by atoms with van der Waals surface area (Å²) in [6, 6.07) is 9.31. The number of benzene rings is 1. The lowest BCUT2D eigenvalue weighted by molar-refractivity contribution is -0.150. The van der Waals surface area contributed by atoms with E-state index in [2.05, 4.69) is 44.2 Å². The van der Waals surface area contributed by atoms with Crippen LogP contribution < -0.4 is 0 Å². The molecule has 2 aliphatic rings. The molecular formula is C28H42O2. The van der Waals surface area contributed by atoms with E-state index in [4.69, 9.17) is 4.74 Å². The highest BCUT2D eigenvalue weighted by molar-refractivity contribution is 5.73. The average Bonchev–Trinajstić information content (AvgIpc) is 2.79. The molecule has 0 N–H and O–H groups in total. The lowest BCUT2D eigenvalue weighted by atomic mass is 9.67. The van der Waals surface area contributed by atoms with Crippen LogP contribution >= 0.6 is 0 Å². The van der Waals surface area contributed by atoms with E-state index in [0.717, 1.165) is 31.6 Å². The van der Waals surface area contributed by atoms with E-state index < -0.39 is 0 Å². The maximum absolute atomic E-state index is 12.5. The van der Waals surface area contributed by atoms with Gasteiger partial charge in [0.2, 0.25) is 0 Å². The molecule has 0 amide bonds.